The van der Waals surface area contributed by atoms with E-state index in [-0.39, 0.29) is 12.4 Å². The molecule has 0 saturated heterocycles. The van der Waals surface area contributed by atoms with E-state index in [9.17, 15) is 13.2 Å². The molecule has 0 N–H and O–H groups in total. The molecule has 0 bridgehead atoms. The summed E-state index contributed by atoms with van der Waals surface area (Å²) in [5.74, 6) is -0.276. The third-order valence-electron chi connectivity index (χ3n) is 5.32. The van der Waals surface area contributed by atoms with Crippen molar-refractivity contribution in [3.05, 3.63) is 108 Å². The van der Waals surface area contributed by atoms with Crippen molar-refractivity contribution >= 4 is 0 Å². The Hall–Kier alpha value is -3.58. The minimum Gasteiger partial charge on any atom is -0.406 e. The van der Waals surface area contributed by atoms with Crippen LogP contribution in [0.5, 0.6) is 5.75 Å². The summed E-state index contributed by atoms with van der Waals surface area (Å²) >= 11 is 0. The lowest BCUT2D eigenvalue weighted by Gasteiger charge is -2.20. The highest BCUT2D eigenvalue weighted by atomic mass is 19.4. The second kappa shape index (κ2) is 9.50. The molecule has 0 amide bonds. The molecule has 0 radical (unpaired) electrons. The van der Waals surface area contributed by atoms with E-state index in [0.717, 1.165) is 27.9 Å². The van der Waals surface area contributed by atoms with Crippen molar-refractivity contribution in [2.75, 3.05) is 0 Å². The van der Waals surface area contributed by atoms with Crippen LogP contribution in [0.15, 0.2) is 85.3 Å². The van der Waals surface area contributed by atoms with Crippen LogP contribution in [-0.4, -0.2) is 15.9 Å². The molecular weight excluding hydrogens is 429 g/mol. The van der Waals surface area contributed by atoms with Crippen LogP contribution in [0, 0.1) is 6.92 Å². The van der Waals surface area contributed by atoms with Crippen LogP contribution in [0.2, 0.25) is 0 Å². The van der Waals surface area contributed by atoms with E-state index < -0.39 is 12.5 Å². The Labute approximate surface area is 190 Å². The summed E-state index contributed by atoms with van der Waals surface area (Å²) in [6.45, 7) is 2.16. The maximum atomic E-state index is 12.6. The van der Waals surface area contributed by atoms with Crippen LogP contribution < -0.4 is 4.74 Å². The van der Waals surface area contributed by atoms with E-state index in [4.69, 9.17) is 4.74 Å². The molecule has 3 aromatic carbocycles. The highest BCUT2D eigenvalue weighted by Gasteiger charge is 2.31. The molecule has 7 heteroatoms. The lowest BCUT2D eigenvalue weighted by atomic mass is 9.96. The topological polar surface area (TPSA) is 36.3 Å². The fraction of sp³-hybridized carbons (Fsp3) is 0.192. The van der Waals surface area contributed by atoms with Gasteiger partial charge in [-0.15, -0.1) is 13.2 Å². The van der Waals surface area contributed by atoms with Crippen molar-refractivity contribution in [2.45, 2.75) is 26.0 Å². The van der Waals surface area contributed by atoms with E-state index in [1.807, 2.05) is 41.9 Å². The van der Waals surface area contributed by atoms with Crippen molar-refractivity contribution in [3.63, 3.8) is 0 Å². The van der Waals surface area contributed by atoms with Gasteiger partial charge in [-0.05, 0) is 52.9 Å². The number of ether oxygens (including phenoxy) is 2. The highest BCUT2D eigenvalue weighted by Crippen LogP contribution is 2.32. The molecule has 4 rings (SSSR count). The minimum absolute atomic E-state index is 0.0967. The van der Waals surface area contributed by atoms with Crippen LogP contribution in [0.25, 0.3) is 11.1 Å². The van der Waals surface area contributed by atoms with Gasteiger partial charge in [-0.25, -0.2) is 4.98 Å². The maximum absolute atomic E-state index is 12.6. The van der Waals surface area contributed by atoms with Crippen LogP contribution >= 0.6 is 0 Å². The zero-order chi connectivity index (χ0) is 23.4. The molecule has 0 saturated carbocycles. The molecule has 0 aliphatic heterocycles. The Morgan fingerprint density at radius 2 is 1.76 bits per heavy atom. The average Bonchev–Trinajstić information content (AvgIpc) is 3.19. The normalized spacial score (nSPS) is 12.5. The Bertz CT molecular complexity index is 1230. The fourth-order valence-corrected chi connectivity index (χ4v) is 3.75. The summed E-state index contributed by atoms with van der Waals surface area (Å²) in [6, 6.07) is 22.0. The number of imidazole rings is 1. The summed E-state index contributed by atoms with van der Waals surface area (Å²) < 4.78 is 49.9. The highest BCUT2D eigenvalue weighted by molar-refractivity contribution is 5.67. The molecule has 0 aliphatic carbocycles. The standard InChI is InChI=1S/C26H23F3N2O2/c1-18-7-3-4-12-23(18)20-9-6-10-21(14-20)25(24-15-30-17-31(24)2)32-16-19-8-5-11-22(13-19)33-26(27,28)29/h3-15,17,25H,16H2,1-2H3. The van der Waals surface area contributed by atoms with E-state index >= 15 is 0 Å². The van der Waals surface area contributed by atoms with E-state index in [1.165, 1.54) is 18.2 Å². The minimum atomic E-state index is -4.74. The number of alkyl halides is 3. The van der Waals surface area contributed by atoms with Crippen molar-refractivity contribution in [3.8, 4) is 16.9 Å². The van der Waals surface area contributed by atoms with Crippen molar-refractivity contribution in [2.24, 2.45) is 7.05 Å². The third kappa shape index (κ3) is 5.62. The quantitative estimate of drug-likeness (QED) is 0.317. The lowest BCUT2D eigenvalue weighted by Crippen LogP contribution is -2.17. The molecule has 170 valence electrons. The summed E-state index contributed by atoms with van der Waals surface area (Å²) in [5.41, 5.74) is 5.66. The molecule has 4 aromatic rings. The SMILES string of the molecule is Cc1ccccc1-c1cccc(C(OCc2cccc(OC(F)(F)F)c2)c2cncn2C)c1. The first-order valence-corrected chi connectivity index (χ1v) is 10.4. The first-order valence-electron chi connectivity index (χ1n) is 10.4. The van der Waals surface area contributed by atoms with Gasteiger partial charge < -0.3 is 14.0 Å². The summed E-state index contributed by atoms with van der Waals surface area (Å²) in [4.78, 5) is 4.21. The van der Waals surface area contributed by atoms with Crippen LogP contribution in [-0.2, 0) is 18.4 Å². The van der Waals surface area contributed by atoms with Gasteiger partial charge in [0.05, 0.1) is 24.8 Å². The molecule has 1 atom stereocenters. The number of hydrogen-bond donors (Lipinski definition) is 0. The molecule has 0 spiro atoms. The lowest BCUT2D eigenvalue weighted by molar-refractivity contribution is -0.274. The van der Waals surface area contributed by atoms with Gasteiger partial charge in [-0.2, -0.15) is 0 Å². The summed E-state index contributed by atoms with van der Waals surface area (Å²) in [7, 11) is 1.88. The van der Waals surface area contributed by atoms with Gasteiger partial charge in [0.2, 0.25) is 0 Å². The van der Waals surface area contributed by atoms with Crippen molar-refractivity contribution in [1.29, 1.82) is 0 Å². The number of nitrogens with zero attached hydrogens (tertiary/aromatic N) is 2. The van der Waals surface area contributed by atoms with Gasteiger partial charge in [0.25, 0.3) is 0 Å². The van der Waals surface area contributed by atoms with Gasteiger partial charge in [0.15, 0.2) is 0 Å². The predicted molar refractivity (Wildman–Crippen MR) is 120 cm³/mol. The van der Waals surface area contributed by atoms with Gasteiger partial charge >= 0.3 is 6.36 Å². The summed E-state index contributed by atoms with van der Waals surface area (Å²) in [5, 5.41) is 0. The molecular formula is C26H23F3N2O2. The van der Waals surface area contributed by atoms with Crippen LogP contribution in [0.3, 0.4) is 0 Å². The van der Waals surface area contributed by atoms with Gasteiger partial charge in [0, 0.05) is 7.05 Å². The predicted octanol–water partition coefficient (Wildman–Crippen LogP) is 6.60. The number of rotatable bonds is 7. The number of aryl methyl sites for hydroxylation is 2. The number of hydrogen-bond acceptors (Lipinski definition) is 3. The first-order chi connectivity index (χ1) is 15.8. The fourth-order valence-electron chi connectivity index (χ4n) is 3.75. The van der Waals surface area contributed by atoms with Crippen LogP contribution in [0.1, 0.15) is 28.5 Å². The van der Waals surface area contributed by atoms with Crippen molar-refractivity contribution in [1.82, 2.24) is 9.55 Å². The molecule has 1 aromatic heterocycles. The first kappa shape index (κ1) is 22.6. The molecule has 33 heavy (non-hydrogen) atoms. The van der Waals surface area contributed by atoms with Crippen molar-refractivity contribution < 1.29 is 22.6 Å². The molecule has 1 heterocycles. The van der Waals surface area contributed by atoms with E-state index in [2.05, 4.69) is 34.8 Å². The Kier molecular flexibility index (Phi) is 6.51. The zero-order valence-electron chi connectivity index (χ0n) is 18.2. The molecule has 0 aliphatic rings. The second-order valence-electron chi connectivity index (χ2n) is 7.76. The maximum Gasteiger partial charge on any atom is 0.573 e. The smallest absolute Gasteiger partial charge is 0.406 e. The van der Waals surface area contributed by atoms with Gasteiger partial charge in [-0.3, -0.25) is 0 Å². The average molecular weight is 452 g/mol. The van der Waals surface area contributed by atoms with Gasteiger partial charge in [-0.1, -0.05) is 54.6 Å². The van der Waals surface area contributed by atoms with Gasteiger partial charge in [0.1, 0.15) is 11.9 Å². The van der Waals surface area contributed by atoms with Crippen LogP contribution in [0.4, 0.5) is 13.2 Å². The monoisotopic (exact) mass is 452 g/mol. The third-order valence-corrected chi connectivity index (χ3v) is 5.32. The number of aromatic nitrogens is 2. The number of benzene rings is 3. The largest absolute Gasteiger partial charge is 0.573 e. The Morgan fingerprint density at radius 1 is 0.970 bits per heavy atom. The van der Waals surface area contributed by atoms with E-state index in [1.54, 1.807) is 18.6 Å². The Balaban J connectivity index is 1.63. The number of halogens is 3. The Morgan fingerprint density at radius 3 is 2.48 bits per heavy atom. The molecule has 0 fully saturated rings. The zero-order valence-corrected chi connectivity index (χ0v) is 18.2. The molecule has 4 nitrogen and oxygen atoms in total. The van der Waals surface area contributed by atoms with E-state index in [0.29, 0.717) is 5.56 Å². The summed E-state index contributed by atoms with van der Waals surface area (Å²) in [6.07, 6.45) is -1.79. The second-order valence-corrected chi connectivity index (χ2v) is 7.76. The molecule has 1 unspecified atom stereocenters.